The third-order valence-corrected chi connectivity index (χ3v) is 2.93. The molecule has 0 radical (unpaired) electrons. The highest BCUT2D eigenvalue weighted by Crippen LogP contribution is 2.31. The van der Waals surface area contributed by atoms with Crippen LogP contribution in [-0.2, 0) is 17.8 Å². The van der Waals surface area contributed by atoms with Crippen molar-refractivity contribution in [2.45, 2.75) is 13.0 Å². The van der Waals surface area contributed by atoms with Gasteiger partial charge in [0, 0.05) is 17.4 Å². The van der Waals surface area contributed by atoms with Crippen LogP contribution >= 0.6 is 0 Å². The van der Waals surface area contributed by atoms with Gasteiger partial charge in [0.25, 0.3) is 0 Å². The Bertz CT molecular complexity index is 620. The first-order valence-corrected chi connectivity index (χ1v) is 5.53. The Morgan fingerprint density at radius 3 is 2.89 bits per heavy atom. The first kappa shape index (κ1) is 10.6. The summed E-state index contributed by atoms with van der Waals surface area (Å²) in [5, 5.41) is 3.60. The second-order valence-electron chi connectivity index (χ2n) is 4.26. The Kier molecular flexibility index (Phi) is 2.22. The summed E-state index contributed by atoms with van der Waals surface area (Å²) in [5.41, 5.74) is 13.6. The number of nitrogens with zero attached hydrogens (tertiary/aromatic N) is 2. The molecule has 0 atom stereocenters. The van der Waals surface area contributed by atoms with Crippen molar-refractivity contribution < 1.29 is 9.32 Å². The minimum atomic E-state index is 0.0190. The number of amides is 1. The fourth-order valence-corrected chi connectivity index (χ4v) is 2.14. The van der Waals surface area contributed by atoms with Gasteiger partial charge in [0.15, 0.2) is 11.6 Å². The summed E-state index contributed by atoms with van der Waals surface area (Å²) in [4.78, 5) is 13.6. The van der Waals surface area contributed by atoms with E-state index in [1.807, 2.05) is 12.1 Å². The van der Waals surface area contributed by atoms with Crippen molar-refractivity contribution in [2.24, 2.45) is 0 Å². The molecular formula is C12H12N4O2. The molecule has 1 amide bonds. The summed E-state index contributed by atoms with van der Waals surface area (Å²) in [5.74, 6) is 0.894. The monoisotopic (exact) mass is 244 g/mol. The highest BCUT2D eigenvalue weighted by Gasteiger charge is 2.28. The van der Waals surface area contributed by atoms with Crippen LogP contribution in [0.1, 0.15) is 11.3 Å². The van der Waals surface area contributed by atoms with Crippen LogP contribution in [0.15, 0.2) is 28.8 Å². The molecule has 0 unspecified atom stereocenters. The summed E-state index contributed by atoms with van der Waals surface area (Å²) < 4.78 is 5.02. The van der Waals surface area contributed by atoms with Crippen LogP contribution in [0.5, 0.6) is 0 Å². The lowest BCUT2D eigenvalue weighted by Crippen LogP contribution is -2.25. The Morgan fingerprint density at radius 2 is 2.17 bits per heavy atom. The molecule has 1 aliphatic heterocycles. The van der Waals surface area contributed by atoms with E-state index < -0.39 is 0 Å². The highest BCUT2D eigenvalue weighted by molar-refractivity contribution is 6.01. The standard InChI is InChI=1S/C12H12N4O2/c13-8-1-2-10-7(3-8)4-12(17)16(10)6-9-5-11(14)15-18-9/h1-3,5H,4,6,13H2,(H2,14,15). The first-order valence-electron chi connectivity index (χ1n) is 5.53. The summed E-state index contributed by atoms with van der Waals surface area (Å²) in [7, 11) is 0. The topological polar surface area (TPSA) is 98.4 Å². The zero-order valence-corrected chi connectivity index (χ0v) is 9.59. The number of carbonyl (C=O) groups is 1. The molecule has 0 fully saturated rings. The molecule has 0 saturated carbocycles. The second kappa shape index (κ2) is 3.76. The van der Waals surface area contributed by atoms with Gasteiger partial charge in [-0.25, -0.2) is 0 Å². The second-order valence-corrected chi connectivity index (χ2v) is 4.26. The Hall–Kier alpha value is -2.50. The fraction of sp³-hybridized carbons (Fsp3) is 0.167. The normalized spacial score (nSPS) is 14.0. The molecule has 1 aliphatic rings. The molecule has 6 nitrogen and oxygen atoms in total. The minimum absolute atomic E-state index is 0.0190. The maximum absolute atomic E-state index is 11.9. The zero-order chi connectivity index (χ0) is 12.7. The van der Waals surface area contributed by atoms with Gasteiger partial charge in [-0.1, -0.05) is 5.16 Å². The smallest absolute Gasteiger partial charge is 0.231 e. The number of anilines is 3. The lowest BCUT2D eigenvalue weighted by molar-refractivity contribution is -0.117. The Balaban J connectivity index is 1.92. The van der Waals surface area contributed by atoms with Crippen molar-refractivity contribution in [1.29, 1.82) is 0 Å². The number of aromatic nitrogens is 1. The van der Waals surface area contributed by atoms with Crippen molar-refractivity contribution >= 4 is 23.1 Å². The largest absolute Gasteiger partial charge is 0.399 e. The van der Waals surface area contributed by atoms with E-state index >= 15 is 0 Å². The average molecular weight is 244 g/mol. The van der Waals surface area contributed by atoms with E-state index in [0.29, 0.717) is 30.2 Å². The molecular weight excluding hydrogens is 232 g/mol. The van der Waals surface area contributed by atoms with Gasteiger partial charge in [-0.3, -0.25) is 4.79 Å². The number of fused-ring (bicyclic) bond motifs is 1. The third-order valence-electron chi connectivity index (χ3n) is 2.93. The van der Waals surface area contributed by atoms with Gasteiger partial charge >= 0.3 is 0 Å². The van der Waals surface area contributed by atoms with Crippen molar-refractivity contribution in [3.63, 3.8) is 0 Å². The summed E-state index contributed by atoms with van der Waals surface area (Å²) in [6.07, 6.45) is 0.365. The number of hydrogen-bond acceptors (Lipinski definition) is 5. The van der Waals surface area contributed by atoms with Crippen LogP contribution in [-0.4, -0.2) is 11.1 Å². The van der Waals surface area contributed by atoms with Gasteiger partial charge in [-0.05, 0) is 23.8 Å². The quantitative estimate of drug-likeness (QED) is 0.765. The van der Waals surface area contributed by atoms with E-state index in [1.165, 1.54) is 0 Å². The van der Waals surface area contributed by atoms with E-state index in [4.69, 9.17) is 16.0 Å². The Labute approximate surface area is 103 Å². The van der Waals surface area contributed by atoms with E-state index in [2.05, 4.69) is 5.16 Å². The lowest BCUT2D eigenvalue weighted by atomic mass is 10.1. The molecule has 18 heavy (non-hydrogen) atoms. The van der Waals surface area contributed by atoms with Crippen molar-refractivity contribution in [3.8, 4) is 0 Å². The van der Waals surface area contributed by atoms with Gasteiger partial charge in [-0.2, -0.15) is 0 Å². The molecule has 0 aliphatic carbocycles. The summed E-state index contributed by atoms with van der Waals surface area (Å²) >= 11 is 0. The summed E-state index contributed by atoms with van der Waals surface area (Å²) in [6, 6.07) is 7.05. The summed E-state index contributed by atoms with van der Waals surface area (Å²) in [6.45, 7) is 0.333. The molecule has 0 bridgehead atoms. The van der Waals surface area contributed by atoms with E-state index in [9.17, 15) is 4.79 Å². The van der Waals surface area contributed by atoms with E-state index in [0.717, 1.165) is 11.3 Å². The number of rotatable bonds is 2. The van der Waals surface area contributed by atoms with Crippen LogP contribution in [0.2, 0.25) is 0 Å². The van der Waals surface area contributed by atoms with Gasteiger partial charge in [-0.15, -0.1) is 0 Å². The van der Waals surface area contributed by atoms with Crippen molar-refractivity contribution in [1.82, 2.24) is 5.16 Å². The maximum atomic E-state index is 11.9. The average Bonchev–Trinajstić information content (AvgIpc) is 2.84. The molecule has 4 N–H and O–H groups in total. The molecule has 92 valence electrons. The van der Waals surface area contributed by atoms with Crippen molar-refractivity contribution in [3.05, 3.63) is 35.6 Å². The minimum Gasteiger partial charge on any atom is -0.399 e. The maximum Gasteiger partial charge on any atom is 0.231 e. The number of nitrogen functional groups attached to an aromatic ring is 2. The van der Waals surface area contributed by atoms with Crippen LogP contribution in [0, 0.1) is 0 Å². The van der Waals surface area contributed by atoms with Crippen LogP contribution in [0.3, 0.4) is 0 Å². The Morgan fingerprint density at radius 1 is 1.33 bits per heavy atom. The lowest BCUT2D eigenvalue weighted by Gasteiger charge is -2.15. The molecule has 2 heterocycles. The van der Waals surface area contributed by atoms with E-state index in [-0.39, 0.29) is 5.91 Å². The number of nitrogens with two attached hydrogens (primary N) is 2. The highest BCUT2D eigenvalue weighted by atomic mass is 16.5. The third kappa shape index (κ3) is 1.67. The van der Waals surface area contributed by atoms with Crippen LogP contribution in [0.25, 0.3) is 0 Å². The fourth-order valence-electron chi connectivity index (χ4n) is 2.14. The van der Waals surface area contributed by atoms with Crippen molar-refractivity contribution in [2.75, 3.05) is 16.4 Å². The van der Waals surface area contributed by atoms with Gasteiger partial charge < -0.3 is 20.9 Å². The molecule has 2 aromatic rings. The molecule has 3 rings (SSSR count). The SMILES string of the molecule is Nc1ccc2c(c1)CC(=O)N2Cc1cc(N)no1. The predicted octanol–water partition coefficient (Wildman–Crippen LogP) is 0.928. The van der Waals surface area contributed by atoms with Gasteiger partial charge in [0.05, 0.1) is 13.0 Å². The van der Waals surface area contributed by atoms with Gasteiger partial charge in [0.1, 0.15) is 0 Å². The predicted molar refractivity (Wildman–Crippen MR) is 66.7 cm³/mol. The molecule has 0 saturated heterocycles. The number of benzene rings is 1. The van der Waals surface area contributed by atoms with Crippen LogP contribution < -0.4 is 16.4 Å². The van der Waals surface area contributed by atoms with E-state index in [1.54, 1.807) is 17.0 Å². The first-order chi connectivity index (χ1) is 8.63. The van der Waals surface area contributed by atoms with Crippen LogP contribution in [0.4, 0.5) is 17.2 Å². The zero-order valence-electron chi connectivity index (χ0n) is 9.59. The van der Waals surface area contributed by atoms with Gasteiger partial charge in [0.2, 0.25) is 5.91 Å². The molecule has 1 aromatic carbocycles. The number of carbonyl (C=O) groups excluding carboxylic acids is 1. The number of hydrogen-bond donors (Lipinski definition) is 2. The molecule has 6 heteroatoms. The molecule has 0 spiro atoms. The molecule has 1 aromatic heterocycles.